The van der Waals surface area contributed by atoms with E-state index in [9.17, 15) is 9.59 Å². The lowest BCUT2D eigenvalue weighted by atomic mass is 10.0. The largest absolute Gasteiger partial charge is 0.382 e. The first-order chi connectivity index (χ1) is 8.46. The lowest BCUT2D eigenvalue weighted by molar-refractivity contribution is -0.132. The van der Waals surface area contributed by atoms with Gasteiger partial charge in [-0.3, -0.25) is 9.69 Å². The number of hydrogen-bond donors (Lipinski definition) is 1. The highest BCUT2D eigenvalue weighted by Crippen LogP contribution is 2.21. The van der Waals surface area contributed by atoms with Gasteiger partial charge in [-0.1, -0.05) is 11.3 Å². The Balaban J connectivity index is 2.14. The number of nitrogens with one attached hydrogen (secondary N) is 1. The van der Waals surface area contributed by atoms with Gasteiger partial charge < -0.3 is 10.1 Å². The monoisotopic (exact) mass is 270 g/mol. The standard InChI is InChI=1S/C10H14N4O3S/c1-6-12-13-7(18-6)4-14-8(15)10(2,5-17-3)11-9(14)16/h4-5H2,1-3H3,(H,11,16). The van der Waals surface area contributed by atoms with Crippen molar-refractivity contribution in [2.45, 2.75) is 25.9 Å². The molecule has 0 bridgehead atoms. The Labute approximate surface area is 108 Å². The van der Waals surface area contributed by atoms with Crippen LogP contribution in [0.4, 0.5) is 4.79 Å². The molecule has 1 fully saturated rings. The van der Waals surface area contributed by atoms with Crippen molar-refractivity contribution in [3.05, 3.63) is 10.0 Å². The number of urea groups is 1. The summed E-state index contributed by atoms with van der Waals surface area (Å²) in [4.78, 5) is 25.1. The molecule has 1 aliphatic rings. The second-order valence-electron chi connectivity index (χ2n) is 4.30. The lowest BCUT2D eigenvalue weighted by Gasteiger charge is -2.19. The van der Waals surface area contributed by atoms with Gasteiger partial charge in [0.15, 0.2) is 0 Å². The van der Waals surface area contributed by atoms with Gasteiger partial charge in [0.1, 0.15) is 15.6 Å². The summed E-state index contributed by atoms with van der Waals surface area (Å²) in [6.07, 6.45) is 0. The van der Waals surface area contributed by atoms with E-state index in [0.717, 1.165) is 9.91 Å². The van der Waals surface area contributed by atoms with E-state index in [1.807, 2.05) is 6.92 Å². The Bertz CT molecular complexity index is 489. The summed E-state index contributed by atoms with van der Waals surface area (Å²) in [7, 11) is 1.49. The van der Waals surface area contributed by atoms with Crippen molar-refractivity contribution >= 4 is 23.3 Å². The predicted molar refractivity (Wildman–Crippen MR) is 64.0 cm³/mol. The molecule has 1 aromatic heterocycles. The summed E-state index contributed by atoms with van der Waals surface area (Å²) in [6, 6.07) is -0.424. The summed E-state index contributed by atoms with van der Waals surface area (Å²) in [5.41, 5.74) is -0.994. The maximum absolute atomic E-state index is 12.2. The summed E-state index contributed by atoms with van der Waals surface area (Å²) in [5.74, 6) is -0.304. The smallest absolute Gasteiger partial charge is 0.325 e. The van der Waals surface area contributed by atoms with Gasteiger partial charge in [0.2, 0.25) is 0 Å². The van der Waals surface area contributed by atoms with E-state index in [0.29, 0.717) is 5.01 Å². The van der Waals surface area contributed by atoms with Gasteiger partial charge >= 0.3 is 6.03 Å². The molecule has 1 saturated heterocycles. The van der Waals surface area contributed by atoms with Crippen LogP contribution in [0.2, 0.25) is 0 Å². The molecule has 0 radical (unpaired) electrons. The van der Waals surface area contributed by atoms with Crippen LogP contribution in [-0.2, 0) is 16.1 Å². The minimum absolute atomic E-state index is 0.142. The molecule has 1 aliphatic heterocycles. The highest BCUT2D eigenvalue weighted by atomic mass is 32.1. The van der Waals surface area contributed by atoms with Gasteiger partial charge in [-0.25, -0.2) is 4.79 Å². The third-order valence-corrected chi connectivity index (χ3v) is 3.46. The molecule has 1 unspecified atom stereocenters. The topological polar surface area (TPSA) is 84.4 Å². The van der Waals surface area contributed by atoms with Crippen molar-refractivity contribution in [1.29, 1.82) is 0 Å². The maximum atomic E-state index is 12.2. The normalized spacial score (nSPS) is 23.6. The molecular weight excluding hydrogens is 256 g/mol. The van der Waals surface area contributed by atoms with Crippen LogP contribution in [0.25, 0.3) is 0 Å². The van der Waals surface area contributed by atoms with Gasteiger partial charge in [-0.15, -0.1) is 10.2 Å². The summed E-state index contributed by atoms with van der Waals surface area (Å²) in [6.45, 7) is 3.75. The van der Waals surface area contributed by atoms with E-state index < -0.39 is 11.6 Å². The van der Waals surface area contributed by atoms with Crippen LogP contribution in [0.15, 0.2) is 0 Å². The molecule has 8 heteroatoms. The molecule has 1 atom stereocenters. The van der Waals surface area contributed by atoms with Crippen molar-refractivity contribution in [2.24, 2.45) is 0 Å². The van der Waals surface area contributed by atoms with Crippen molar-refractivity contribution in [3.8, 4) is 0 Å². The van der Waals surface area contributed by atoms with Crippen LogP contribution < -0.4 is 5.32 Å². The third-order valence-electron chi connectivity index (χ3n) is 2.64. The van der Waals surface area contributed by atoms with E-state index in [1.54, 1.807) is 6.92 Å². The first-order valence-electron chi connectivity index (χ1n) is 5.38. The molecule has 18 heavy (non-hydrogen) atoms. The van der Waals surface area contributed by atoms with E-state index in [2.05, 4.69) is 15.5 Å². The van der Waals surface area contributed by atoms with Crippen molar-refractivity contribution in [3.63, 3.8) is 0 Å². The molecule has 7 nitrogen and oxygen atoms in total. The maximum Gasteiger partial charge on any atom is 0.325 e. The number of imide groups is 1. The first kappa shape index (κ1) is 12.9. The number of nitrogens with zero attached hydrogens (tertiary/aromatic N) is 3. The van der Waals surface area contributed by atoms with Crippen LogP contribution in [0.1, 0.15) is 16.9 Å². The van der Waals surface area contributed by atoms with Crippen LogP contribution >= 0.6 is 11.3 Å². The second kappa shape index (κ2) is 4.62. The highest BCUT2D eigenvalue weighted by Gasteiger charge is 2.48. The van der Waals surface area contributed by atoms with Crippen molar-refractivity contribution in [1.82, 2.24) is 20.4 Å². The molecule has 1 N–H and O–H groups in total. The average Bonchev–Trinajstić information content (AvgIpc) is 2.78. The zero-order valence-electron chi connectivity index (χ0n) is 10.4. The molecule has 1 aromatic rings. The van der Waals surface area contributed by atoms with Gasteiger partial charge in [0.25, 0.3) is 5.91 Å². The summed E-state index contributed by atoms with van der Waals surface area (Å²) in [5, 5.41) is 11.8. The Hall–Kier alpha value is -1.54. The number of ether oxygens (including phenoxy) is 1. The van der Waals surface area contributed by atoms with Crippen LogP contribution in [-0.4, -0.2) is 46.3 Å². The molecule has 98 valence electrons. The van der Waals surface area contributed by atoms with Gasteiger partial charge in [0.05, 0.1) is 13.2 Å². The summed E-state index contributed by atoms with van der Waals surface area (Å²) >= 11 is 1.36. The quantitative estimate of drug-likeness (QED) is 0.796. The molecule has 0 saturated carbocycles. The molecule has 0 spiro atoms. The minimum Gasteiger partial charge on any atom is -0.382 e. The lowest BCUT2D eigenvalue weighted by Crippen LogP contribution is -2.47. The number of amides is 3. The van der Waals surface area contributed by atoms with Crippen molar-refractivity contribution in [2.75, 3.05) is 13.7 Å². The highest BCUT2D eigenvalue weighted by molar-refractivity contribution is 7.11. The number of aryl methyl sites for hydroxylation is 1. The van der Waals surface area contributed by atoms with E-state index in [-0.39, 0.29) is 19.1 Å². The molecule has 3 amide bonds. The predicted octanol–water partition coefficient (Wildman–Crippen LogP) is 0.303. The van der Waals surface area contributed by atoms with Gasteiger partial charge in [0, 0.05) is 7.11 Å². The third kappa shape index (κ3) is 2.21. The van der Waals surface area contributed by atoms with Crippen molar-refractivity contribution < 1.29 is 14.3 Å². The average molecular weight is 270 g/mol. The fraction of sp³-hybridized carbons (Fsp3) is 0.600. The Morgan fingerprint density at radius 3 is 2.72 bits per heavy atom. The molecular formula is C10H14N4O3S. The van der Waals surface area contributed by atoms with Gasteiger partial charge in [-0.2, -0.15) is 0 Å². The number of rotatable bonds is 4. The van der Waals surface area contributed by atoms with Crippen LogP contribution in [0.5, 0.6) is 0 Å². The number of aromatic nitrogens is 2. The van der Waals surface area contributed by atoms with Crippen LogP contribution in [0, 0.1) is 6.92 Å². The second-order valence-corrected chi connectivity index (χ2v) is 5.57. The first-order valence-corrected chi connectivity index (χ1v) is 6.20. The molecule has 2 heterocycles. The van der Waals surface area contributed by atoms with E-state index >= 15 is 0 Å². The fourth-order valence-electron chi connectivity index (χ4n) is 1.81. The Morgan fingerprint density at radius 2 is 2.17 bits per heavy atom. The molecule has 0 aromatic carbocycles. The minimum atomic E-state index is -0.994. The van der Waals surface area contributed by atoms with E-state index in [1.165, 1.54) is 18.4 Å². The molecule has 0 aliphatic carbocycles. The zero-order valence-corrected chi connectivity index (χ0v) is 11.2. The summed E-state index contributed by atoms with van der Waals surface area (Å²) < 4.78 is 4.96. The molecule has 2 rings (SSSR count). The number of carbonyl (C=O) groups is 2. The number of hydrogen-bond acceptors (Lipinski definition) is 6. The fourth-order valence-corrected chi connectivity index (χ4v) is 2.51. The van der Waals surface area contributed by atoms with Gasteiger partial charge in [-0.05, 0) is 13.8 Å². The Kier molecular flexibility index (Phi) is 3.31. The number of methoxy groups -OCH3 is 1. The van der Waals surface area contributed by atoms with E-state index in [4.69, 9.17) is 4.74 Å². The Morgan fingerprint density at radius 1 is 1.44 bits per heavy atom. The van der Waals surface area contributed by atoms with Crippen LogP contribution in [0.3, 0.4) is 0 Å². The number of carbonyl (C=O) groups excluding carboxylic acids is 2. The SMILES string of the molecule is COCC1(C)NC(=O)N(Cc2nnc(C)s2)C1=O. The zero-order chi connectivity index (χ0) is 13.3.